The molecule has 2 aliphatic carbocycles. The van der Waals surface area contributed by atoms with E-state index >= 15 is 8.78 Å². The highest BCUT2D eigenvalue weighted by Gasteiger charge is 2.32. The molecule has 1 atom stereocenters. The van der Waals surface area contributed by atoms with Gasteiger partial charge in [-0.1, -0.05) is 0 Å². The Morgan fingerprint density at radius 3 is 2.58 bits per heavy atom. The molecule has 1 unspecified atom stereocenters. The van der Waals surface area contributed by atoms with E-state index in [0.29, 0.717) is 11.3 Å². The Kier molecular flexibility index (Phi) is 6.79. The van der Waals surface area contributed by atoms with Gasteiger partial charge in [0.1, 0.15) is 17.0 Å². The maximum atomic E-state index is 16.2. The van der Waals surface area contributed by atoms with Crippen LogP contribution < -0.4 is 10.7 Å². The van der Waals surface area contributed by atoms with Crippen LogP contribution in [0.2, 0.25) is 0 Å². The van der Waals surface area contributed by atoms with Crippen LogP contribution in [0, 0.1) is 11.6 Å². The number of hydrogen-bond donors (Lipinski definition) is 1. The Morgan fingerprint density at radius 1 is 1.18 bits per heavy atom. The van der Waals surface area contributed by atoms with Gasteiger partial charge in [-0.25, -0.2) is 18.4 Å². The molecule has 202 valence electrons. The summed E-state index contributed by atoms with van der Waals surface area (Å²) >= 11 is 1.28. The lowest BCUT2D eigenvalue weighted by Crippen LogP contribution is -2.35. The maximum Gasteiger partial charge on any atom is 0.408 e. The number of alkyl carbamates (subject to hydrolysis) is 1. The number of ether oxygens (including phenoxy) is 2. The Bertz CT molecular complexity index is 1500. The van der Waals surface area contributed by atoms with E-state index in [2.05, 4.69) is 5.32 Å². The number of fused-ring (bicyclic) bond motifs is 2. The van der Waals surface area contributed by atoms with E-state index in [4.69, 9.17) is 9.47 Å². The van der Waals surface area contributed by atoms with Gasteiger partial charge in [-0.05, 0) is 77.5 Å². The van der Waals surface area contributed by atoms with Gasteiger partial charge < -0.3 is 19.4 Å². The molecule has 0 radical (unpaired) electrons. The van der Waals surface area contributed by atoms with Crippen molar-refractivity contribution in [2.75, 3.05) is 6.61 Å². The average Bonchev–Trinajstić information content (AvgIpc) is 3.57. The summed E-state index contributed by atoms with van der Waals surface area (Å²) in [5.41, 5.74) is -1.06. The van der Waals surface area contributed by atoms with Crippen molar-refractivity contribution in [2.45, 2.75) is 77.5 Å². The monoisotopic (exact) mass is 544 g/mol. The summed E-state index contributed by atoms with van der Waals surface area (Å²) in [5, 5.41) is 2.70. The number of benzene rings is 1. The van der Waals surface area contributed by atoms with Crippen molar-refractivity contribution < 1.29 is 27.8 Å². The van der Waals surface area contributed by atoms with Gasteiger partial charge in [0.15, 0.2) is 5.82 Å². The molecule has 1 fully saturated rings. The molecule has 2 aliphatic rings. The van der Waals surface area contributed by atoms with Crippen LogP contribution in [0.25, 0.3) is 21.3 Å². The highest BCUT2D eigenvalue weighted by Crippen LogP contribution is 2.44. The van der Waals surface area contributed by atoms with Gasteiger partial charge >= 0.3 is 12.1 Å². The summed E-state index contributed by atoms with van der Waals surface area (Å²) in [7, 11) is 0. The van der Waals surface area contributed by atoms with Crippen LogP contribution in [0.3, 0.4) is 0 Å². The number of carbonyl (C=O) groups excluding carboxylic acids is 2. The molecule has 7 nitrogen and oxygen atoms in total. The van der Waals surface area contributed by atoms with Crippen LogP contribution in [0.1, 0.15) is 86.3 Å². The Balaban J connectivity index is 1.60. The molecule has 5 rings (SSSR count). The molecule has 0 saturated heterocycles. The third-order valence-corrected chi connectivity index (χ3v) is 7.92. The zero-order valence-corrected chi connectivity index (χ0v) is 22.6. The van der Waals surface area contributed by atoms with Crippen molar-refractivity contribution in [2.24, 2.45) is 0 Å². The fourth-order valence-corrected chi connectivity index (χ4v) is 6.25. The molecule has 1 aromatic carbocycles. The maximum absolute atomic E-state index is 16.2. The molecule has 0 bridgehead atoms. The molecule has 1 N–H and O–H groups in total. The van der Waals surface area contributed by atoms with Crippen molar-refractivity contribution in [3.8, 4) is 10.4 Å². The smallest absolute Gasteiger partial charge is 0.408 e. The number of carbonyl (C=O) groups is 2. The Hall–Kier alpha value is -3.27. The number of aromatic nitrogens is 1. The van der Waals surface area contributed by atoms with Gasteiger partial charge in [-0.15, -0.1) is 11.3 Å². The predicted molar refractivity (Wildman–Crippen MR) is 141 cm³/mol. The number of pyridine rings is 1. The van der Waals surface area contributed by atoms with Gasteiger partial charge in [0.25, 0.3) is 0 Å². The summed E-state index contributed by atoms with van der Waals surface area (Å²) in [6, 6.07) is 2.33. The van der Waals surface area contributed by atoms with Crippen molar-refractivity contribution in [1.29, 1.82) is 0 Å². The number of hydrogen-bond acceptors (Lipinski definition) is 6. The summed E-state index contributed by atoms with van der Waals surface area (Å²) in [6.07, 6.45) is 4.55. The first-order valence-electron chi connectivity index (χ1n) is 12.8. The Labute approximate surface area is 222 Å². The summed E-state index contributed by atoms with van der Waals surface area (Å²) < 4.78 is 43.7. The average molecular weight is 545 g/mol. The first-order chi connectivity index (χ1) is 18.0. The van der Waals surface area contributed by atoms with E-state index < -0.39 is 34.7 Å². The number of amides is 1. The third-order valence-electron chi connectivity index (χ3n) is 6.69. The second kappa shape index (κ2) is 9.80. The molecular formula is C28H30F2N2O5S. The zero-order valence-electron chi connectivity index (χ0n) is 21.8. The van der Waals surface area contributed by atoms with Gasteiger partial charge in [0, 0.05) is 22.0 Å². The number of halogens is 2. The lowest BCUT2D eigenvalue weighted by molar-refractivity contribution is 0.0495. The van der Waals surface area contributed by atoms with Crippen LogP contribution in [-0.2, 0) is 15.9 Å². The van der Waals surface area contributed by atoms with E-state index in [-0.39, 0.29) is 40.7 Å². The minimum atomic E-state index is -0.884. The fourth-order valence-electron chi connectivity index (χ4n) is 4.94. The number of aryl methyl sites for hydroxylation is 1. The SMILES string of the molecule is CCOC(=O)c1cn(C2CC2)c2c(F)c(-c3cc4c(s3)CCCC4NC(=O)OC(C)(C)C)c(F)cc2c1=O. The van der Waals surface area contributed by atoms with Gasteiger partial charge in [0.05, 0.1) is 29.1 Å². The van der Waals surface area contributed by atoms with Crippen molar-refractivity contribution in [3.63, 3.8) is 0 Å². The zero-order chi connectivity index (χ0) is 27.4. The van der Waals surface area contributed by atoms with Gasteiger partial charge in [0.2, 0.25) is 5.43 Å². The van der Waals surface area contributed by atoms with Crippen LogP contribution in [0.4, 0.5) is 13.6 Å². The predicted octanol–water partition coefficient (Wildman–Crippen LogP) is 6.42. The highest BCUT2D eigenvalue weighted by atomic mass is 32.1. The highest BCUT2D eigenvalue weighted by molar-refractivity contribution is 7.15. The van der Waals surface area contributed by atoms with Crippen molar-refractivity contribution >= 4 is 34.3 Å². The quantitative estimate of drug-likeness (QED) is 0.375. The van der Waals surface area contributed by atoms with Crippen LogP contribution in [0.15, 0.2) is 23.1 Å². The van der Waals surface area contributed by atoms with E-state index in [1.807, 2.05) is 0 Å². The number of nitrogens with one attached hydrogen (secondary N) is 1. The van der Waals surface area contributed by atoms with E-state index in [9.17, 15) is 14.4 Å². The lowest BCUT2D eigenvalue weighted by atomic mass is 9.93. The van der Waals surface area contributed by atoms with E-state index in [1.54, 1.807) is 38.3 Å². The normalized spacial score (nSPS) is 17.3. The van der Waals surface area contributed by atoms with Crippen molar-refractivity contribution in [1.82, 2.24) is 9.88 Å². The molecular weight excluding hydrogens is 514 g/mol. The van der Waals surface area contributed by atoms with Crippen LogP contribution >= 0.6 is 11.3 Å². The number of rotatable bonds is 5. The van der Waals surface area contributed by atoms with Crippen LogP contribution in [0.5, 0.6) is 0 Å². The molecule has 0 aliphatic heterocycles. The summed E-state index contributed by atoms with van der Waals surface area (Å²) in [6.45, 7) is 7.05. The van der Waals surface area contributed by atoms with Gasteiger partial charge in [-0.3, -0.25) is 4.79 Å². The summed E-state index contributed by atoms with van der Waals surface area (Å²) in [5.74, 6) is -2.53. The fraction of sp³-hybridized carbons (Fsp3) is 0.464. The second-order valence-corrected chi connectivity index (χ2v) is 11.9. The lowest BCUT2D eigenvalue weighted by Gasteiger charge is -2.26. The van der Waals surface area contributed by atoms with E-state index in [1.165, 1.54) is 17.5 Å². The molecule has 2 aromatic heterocycles. The minimum absolute atomic E-state index is 0.0169. The number of nitrogens with zero attached hydrogens (tertiary/aromatic N) is 1. The van der Waals surface area contributed by atoms with E-state index in [0.717, 1.165) is 42.2 Å². The molecule has 10 heteroatoms. The van der Waals surface area contributed by atoms with Gasteiger partial charge in [-0.2, -0.15) is 0 Å². The molecule has 1 saturated carbocycles. The van der Waals surface area contributed by atoms with Crippen molar-refractivity contribution in [3.05, 3.63) is 56.2 Å². The van der Waals surface area contributed by atoms with Crippen LogP contribution in [-0.4, -0.2) is 28.8 Å². The summed E-state index contributed by atoms with van der Waals surface area (Å²) in [4.78, 5) is 39.2. The first-order valence-corrected chi connectivity index (χ1v) is 13.7. The number of esters is 1. The largest absolute Gasteiger partial charge is 0.462 e. The molecule has 0 spiro atoms. The first kappa shape index (κ1) is 26.3. The molecule has 1 amide bonds. The second-order valence-electron chi connectivity index (χ2n) is 10.8. The molecule has 38 heavy (non-hydrogen) atoms. The number of thiophene rings is 1. The molecule has 2 heterocycles. The Morgan fingerprint density at radius 2 is 1.92 bits per heavy atom. The standard InChI is InChI=1S/C28H30F2N2O5S/c1-5-36-26(34)17-13-32(14-9-10-14)24-16(25(17)33)11-18(29)22(23(24)30)21-12-15-19(7-6-8-20(15)38-21)31-27(35)37-28(2,3)4/h11-14,19H,5-10H2,1-4H3,(H,31,35). The molecule has 3 aromatic rings. The minimum Gasteiger partial charge on any atom is -0.462 e. The third kappa shape index (κ3) is 4.93. The topological polar surface area (TPSA) is 86.6 Å².